The number of amides is 2. The Morgan fingerprint density at radius 3 is 2.46 bits per heavy atom. The zero-order valence-electron chi connectivity index (χ0n) is 21.7. The molecule has 3 heterocycles. The largest absolute Gasteiger partial charge is 0.341 e. The van der Waals surface area contributed by atoms with Gasteiger partial charge in [-0.25, -0.2) is 4.68 Å². The van der Waals surface area contributed by atoms with Crippen molar-refractivity contribution in [1.82, 2.24) is 14.7 Å². The number of aromatic nitrogens is 2. The fraction of sp³-hybridized carbons (Fsp3) is 0.258. The van der Waals surface area contributed by atoms with Gasteiger partial charge in [0.1, 0.15) is 12.4 Å². The molecular formula is C31H29ClN4O2S. The van der Waals surface area contributed by atoms with Crippen LogP contribution in [0.3, 0.4) is 0 Å². The molecule has 6 rings (SSSR count). The molecular weight excluding hydrogens is 528 g/mol. The van der Waals surface area contributed by atoms with E-state index in [1.807, 2.05) is 95.4 Å². The van der Waals surface area contributed by atoms with Gasteiger partial charge in [0.25, 0.3) is 0 Å². The Morgan fingerprint density at radius 1 is 1.00 bits per heavy atom. The van der Waals surface area contributed by atoms with Crippen LogP contribution in [0.4, 0.5) is 5.82 Å². The van der Waals surface area contributed by atoms with Crippen LogP contribution >= 0.6 is 23.4 Å². The summed E-state index contributed by atoms with van der Waals surface area (Å²) in [6.45, 7) is 3.50. The quantitative estimate of drug-likeness (QED) is 0.290. The zero-order valence-corrected chi connectivity index (χ0v) is 23.3. The van der Waals surface area contributed by atoms with Crippen LogP contribution in [0.5, 0.6) is 0 Å². The minimum Gasteiger partial charge on any atom is -0.341 e. The highest BCUT2D eigenvalue weighted by Gasteiger charge is 2.38. The lowest BCUT2D eigenvalue weighted by molar-refractivity contribution is -0.130. The van der Waals surface area contributed by atoms with Crippen molar-refractivity contribution in [3.05, 3.63) is 101 Å². The maximum absolute atomic E-state index is 13.8. The summed E-state index contributed by atoms with van der Waals surface area (Å²) in [5.41, 5.74) is 5.61. The highest BCUT2D eigenvalue weighted by atomic mass is 35.5. The lowest BCUT2D eigenvalue weighted by atomic mass is 9.99. The number of carbonyl (C=O) groups excluding carboxylic acids is 2. The van der Waals surface area contributed by atoms with Crippen LogP contribution in [-0.2, 0) is 9.59 Å². The number of nitrogens with zero attached hydrogens (tertiary/aromatic N) is 4. The van der Waals surface area contributed by atoms with E-state index in [0.29, 0.717) is 10.8 Å². The van der Waals surface area contributed by atoms with E-state index >= 15 is 0 Å². The Hall–Kier alpha value is -3.55. The summed E-state index contributed by atoms with van der Waals surface area (Å²) < 4.78 is 1.84. The summed E-state index contributed by atoms with van der Waals surface area (Å²) in [6.07, 6.45) is 1.99. The number of aryl methyl sites for hydroxylation is 1. The van der Waals surface area contributed by atoms with Gasteiger partial charge in [0.05, 0.1) is 22.4 Å². The van der Waals surface area contributed by atoms with Crippen molar-refractivity contribution in [2.75, 3.05) is 30.3 Å². The fourth-order valence-corrected chi connectivity index (χ4v) is 6.72. The second-order valence-electron chi connectivity index (χ2n) is 10.0. The van der Waals surface area contributed by atoms with Crippen molar-refractivity contribution in [3.8, 4) is 16.9 Å². The van der Waals surface area contributed by atoms with E-state index < -0.39 is 0 Å². The van der Waals surface area contributed by atoms with E-state index in [-0.39, 0.29) is 29.4 Å². The molecule has 0 radical (unpaired) electrons. The van der Waals surface area contributed by atoms with Crippen LogP contribution in [0, 0.1) is 6.92 Å². The van der Waals surface area contributed by atoms with E-state index in [9.17, 15) is 9.59 Å². The molecule has 6 nitrogen and oxygen atoms in total. The van der Waals surface area contributed by atoms with E-state index in [1.165, 1.54) is 0 Å². The third-order valence-corrected chi connectivity index (χ3v) is 8.81. The lowest BCUT2D eigenvalue weighted by Gasteiger charge is -2.25. The van der Waals surface area contributed by atoms with Gasteiger partial charge in [0.2, 0.25) is 11.8 Å². The van der Waals surface area contributed by atoms with E-state index in [1.54, 1.807) is 16.7 Å². The summed E-state index contributed by atoms with van der Waals surface area (Å²) >= 11 is 8.00. The molecule has 1 fully saturated rings. The molecule has 0 bridgehead atoms. The minimum atomic E-state index is -0.205. The molecule has 2 aliphatic rings. The van der Waals surface area contributed by atoms with Gasteiger partial charge >= 0.3 is 0 Å². The van der Waals surface area contributed by atoms with Crippen LogP contribution in [-0.4, -0.2) is 51.9 Å². The highest BCUT2D eigenvalue weighted by Crippen LogP contribution is 2.48. The predicted octanol–water partition coefficient (Wildman–Crippen LogP) is 6.29. The number of hydrogen-bond donors (Lipinski definition) is 0. The Balaban J connectivity index is 1.60. The van der Waals surface area contributed by atoms with Gasteiger partial charge in [0.15, 0.2) is 0 Å². The van der Waals surface area contributed by atoms with Crippen LogP contribution in [0.25, 0.3) is 16.9 Å². The Kier molecular flexibility index (Phi) is 7.19. The first kappa shape index (κ1) is 25.7. The second-order valence-corrected chi connectivity index (χ2v) is 11.5. The molecule has 8 heteroatoms. The van der Waals surface area contributed by atoms with Crippen molar-refractivity contribution in [1.29, 1.82) is 0 Å². The van der Waals surface area contributed by atoms with Crippen LogP contribution in [0.2, 0.25) is 5.02 Å². The van der Waals surface area contributed by atoms with Crippen LogP contribution < -0.4 is 4.90 Å². The van der Waals surface area contributed by atoms with Gasteiger partial charge in [-0.2, -0.15) is 5.10 Å². The summed E-state index contributed by atoms with van der Waals surface area (Å²) in [4.78, 5) is 30.8. The average Bonchev–Trinajstić information content (AvgIpc) is 3.59. The van der Waals surface area contributed by atoms with Crippen LogP contribution in [0.1, 0.15) is 34.8 Å². The van der Waals surface area contributed by atoms with Crippen molar-refractivity contribution >= 4 is 41.0 Å². The first-order valence-electron chi connectivity index (χ1n) is 13.2. The first-order valence-corrected chi connectivity index (χ1v) is 14.6. The fourth-order valence-electron chi connectivity index (χ4n) is 5.33. The first-order chi connectivity index (χ1) is 19.0. The number of fused-ring (bicyclic) bond motifs is 1. The number of halogens is 1. The molecule has 0 N–H and O–H groups in total. The van der Waals surface area contributed by atoms with Crippen molar-refractivity contribution in [2.45, 2.75) is 25.0 Å². The second kappa shape index (κ2) is 10.9. The number of thioether (sulfide) groups is 1. The molecule has 4 aromatic rings. The third kappa shape index (κ3) is 5.09. The standard InChI is InChI=1S/C31H29ClN4O2S/c1-21-12-14-25(15-13-21)36-31-28(29(33-36)22-8-3-2-4-9-22)30(23-10-7-11-24(32)18-23)39-20-27(38)35(31)19-26(37)34-16-5-6-17-34/h2-4,7-15,18,30H,5-6,16-17,19-20H2,1H3/t30-/m0/s1. The normalized spacial score (nSPS) is 17.3. The number of likely N-dealkylation sites (tertiary alicyclic amines) is 1. The number of rotatable bonds is 5. The van der Waals surface area contributed by atoms with Crippen molar-refractivity contribution < 1.29 is 9.59 Å². The van der Waals surface area contributed by atoms with Gasteiger partial charge < -0.3 is 4.90 Å². The molecule has 198 valence electrons. The molecule has 3 aromatic carbocycles. The van der Waals surface area contributed by atoms with Gasteiger partial charge in [-0.05, 0) is 49.6 Å². The minimum absolute atomic E-state index is 0.0134. The van der Waals surface area contributed by atoms with Crippen LogP contribution in [0.15, 0.2) is 78.9 Å². The molecule has 1 aromatic heterocycles. The summed E-state index contributed by atoms with van der Waals surface area (Å²) in [7, 11) is 0. The summed E-state index contributed by atoms with van der Waals surface area (Å²) in [5, 5.41) is 5.58. The van der Waals surface area contributed by atoms with E-state index in [4.69, 9.17) is 16.7 Å². The number of carbonyl (C=O) groups is 2. The molecule has 0 unspecified atom stereocenters. The smallest absolute Gasteiger partial charge is 0.242 e. The third-order valence-electron chi connectivity index (χ3n) is 7.32. The van der Waals surface area contributed by atoms with Gasteiger partial charge in [-0.1, -0.05) is 71.8 Å². The predicted molar refractivity (Wildman–Crippen MR) is 158 cm³/mol. The lowest BCUT2D eigenvalue weighted by Crippen LogP contribution is -2.43. The maximum atomic E-state index is 13.8. The van der Waals surface area contributed by atoms with Gasteiger partial charge in [0, 0.05) is 29.2 Å². The molecule has 0 spiro atoms. The van der Waals surface area contributed by atoms with Gasteiger partial charge in [-0.3, -0.25) is 14.5 Å². The molecule has 0 saturated carbocycles. The molecule has 1 atom stereocenters. The molecule has 1 saturated heterocycles. The monoisotopic (exact) mass is 556 g/mol. The molecule has 2 amide bonds. The summed E-state index contributed by atoms with van der Waals surface area (Å²) in [6, 6.07) is 25.9. The average molecular weight is 557 g/mol. The Bertz CT molecular complexity index is 1510. The highest BCUT2D eigenvalue weighted by molar-refractivity contribution is 8.00. The van der Waals surface area contributed by atoms with Crippen molar-refractivity contribution in [2.24, 2.45) is 0 Å². The summed E-state index contributed by atoms with van der Waals surface area (Å²) in [5.74, 6) is 0.744. The SMILES string of the molecule is Cc1ccc(-n2nc(-c3ccccc3)c3c2N(CC(=O)N2CCCC2)C(=O)CS[C@H]3c2cccc(Cl)c2)cc1. The Labute approximate surface area is 237 Å². The number of anilines is 1. The Morgan fingerprint density at radius 2 is 1.74 bits per heavy atom. The molecule has 2 aliphatic heterocycles. The van der Waals surface area contributed by atoms with E-state index in [0.717, 1.165) is 59.6 Å². The number of benzene rings is 3. The maximum Gasteiger partial charge on any atom is 0.242 e. The van der Waals surface area contributed by atoms with Gasteiger partial charge in [-0.15, -0.1) is 11.8 Å². The molecule has 39 heavy (non-hydrogen) atoms. The van der Waals surface area contributed by atoms with Crippen molar-refractivity contribution in [3.63, 3.8) is 0 Å². The topological polar surface area (TPSA) is 58.4 Å². The number of hydrogen-bond acceptors (Lipinski definition) is 4. The van der Waals surface area contributed by atoms with E-state index in [2.05, 4.69) is 0 Å². The zero-order chi connectivity index (χ0) is 26.9. The molecule has 0 aliphatic carbocycles.